The predicted octanol–water partition coefficient (Wildman–Crippen LogP) is 3.83. The number of hydrogen-bond donors (Lipinski definition) is 1. The minimum atomic E-state index is -0.286. The monoisotopic (exact) mass is 310 g/mol. The summed E-state index contributed by atoms with van der Waals surface area (Å²) in [5.41, 5.74) is 7.69. The molecule has 2 aromatic carbocycles. The Balaban J connectivity index is 1.80. The highest BCUT2D eigenvalue weighted by molar-refractivity contribution is 8.18. The third-order valence-corrected chi connectivity index (χ3v) is 3.92. The summed E-state index contributed by atoms with van der Waals surface area (Å²) in [5.74, 6) is 1.000. The summed E-state index contributed by atoms with van der Waals surface area (Å²) in [6, 6.07) is 17.6. The molecule has 0 bridgehead atoms. The Morgan fingerprint density at radius 3 is 2.55 bits per heavy atom. The van der Waals surface area contributed by atoms with E-state index in [-0.39, 0.29) is 11.1 Å². The Hall–Kier alpha value is -2.53. The van der Waals surface area contributed by atoms with Gasteiger partial charge in [0.15, 0.2) is 0 Å². The molecule has 0 radical (unpaired) electrons. The second-order valence-electron chi connectivity index (χ2n) is 4.69. The topological polar surface area (TPSA) is 64.7 Å². The van der Waals surface area contributed by atoms with Gasteiger partial charge in [-0.25, -0.2) is 0 Å². The Labute approximate surface area is 132 Å². The van der Waals surface area contributed by atoms with Crippen LogP contribution in [0.1, 0.15) is 11.1 Å². The van der Waals surface area contributed by atoms with Gasteiger partial charge in [0.2, 0.25) is 0 Å². The third-order valence-electron chi connectivity index (χ3n) is 3.10. The number of hydrogen-bond acceptors (Lipinski definition) is 4. The maximum absolute atomic E-state index is 11.3. The maximum Gasteiger partial charge on any atom is 0.311 e. The molecule has 2 aromatic rings. The van der Waals surface area contributed by atoms with Crippen LogP contribution in [0.5, 0.6) is 5.75 Å². The Bertz CT molecular complexity index is 754. The molecule has 0 unspecified atom stereocenters. The molecule has 0 spiro atoms. The zero-order chi connectivity index (χ0) is 15.4. The normalized spacial score (nSPS) is 15.9. The minimum Gasteiger partial charge on any atom is -0.488 e. The number of amidine groups is 1. The van der Waals surface area contributed by atoms with E-state index in [2.05, 4.69) is 4.99 Å². The van der Waals surface area contributed by atoms with E-state index >= 15 is 0 Å². The van der Waals surface area contributed by atoms with Crippen molar-refractivity contribution in [1.29, 1.82) is 0 Å². The van der Waals surface area contributed by atoms with E-state index in [9.17, 15) is 4.79 Å². The minimum absolute atomic E-state index is 0.257. The molecular weight excluding hydrogens is 296 g/mol. The molecule has 22 heavy (non-hydrogen) atoms. The Morgan fingerprint density at radius 2 is 1.82 bits per heavy atom. The molecule has 1 aliphatic heterocycles. The highest BCUT2D eigenvalue weighted by Gasteiger charge is 2.19. The van der Waals surface area contributed by atoms with E-state index in [1.165, 1.54) is 0 Å². The molecule has 0 saturated carbocycles. The molecule has 3 rings (SSSR count). The number of rotatable bonds is 4. The molecule has 0 aliphatic carbocycles. The number of benzene rings is 2. The van der Waals surface area contributed by atoms with Crippen LogP contribution >= 0.6 is 11.8 Å². The zero-order valence-corrected chi connectivity index (χ0v) is 12.5. The summed E-state index contributed by atoms with van der Waals surface area (Å²) in [5, 5.41) is -0.286. The fourth-order valence-electron chi connectivity index (χ4n) is 2.03. The lowest BCUT2D eigenvalue weighted by molar-refractivity contribution is 0.268. The van der Waals surface area contributed by atoms with E-state index in [1.54, 1.807) is 0 Å². The number of ether oxygens (including phenoxy) is 1. The van der Waals surface area contributed by atoms with Crippen LogP contribution < -0.4 is 10.5 Å². The van der Waals surface area contributed by atoms with Gasteiger partial charge in [-0.1, -0.05) is 48.5 Å². The lowest BCUT2D eigenvalue weighted by Crippen LogP contribution is -2.09. The lowest BCUT2D eigenvalue weighted by atomic mass is 10.2. The number of thioether (sulfide) groups is 1. The Kier molecular flexibility index (Phi) is 4.25. The number of carbonyl (C=O) groups is 1. The van der Waals surface area contributed by atoms with Gasteiger partial charge in [0.25, 0.3) is 0 Å². The van der Waals surface area contributed by atoms with E-state index in [0.717, 1.165) is 28.6 Å². The molecule has 0 atom stereocenters. The van der Waals surface area contributed by atoms with Gasteiger partial charge in [0.1, 0.15) is 18.2 Å². The van der Waals surface area contributed by atoms with Crippen LogP contribution in [0.25, 0.3) is 6.08 Å². The van der Waals surface area contributed by atoms with Crippen molar-refractivity contribution in [3.8, 4) is 5.75 Å². The number of para-hydroxylation sites is 1. The van der Waals surface area contributed by atoms with E-state index < -0.39 is 0 Å². The number of nitrogens with two attached hydrogens (primary N) is 1. The van der Waals surface area contributed by atoms with Crippen LogP contribution in [0.4, 0.5) is 4.79 Å². The summed E-state index contributed by atoms with van der Waals surface area (Å²) >= 11 is 1.03. The predicted molar refractivity (Wildman–Crippen MR) is 89.8 cm³/mol. The summed E-state index contributed by atoms with van der Waals surface area (Å²) in [7, 11) is 0. The standard InChI is InChI=1S/C17H14N2O2S/c18-16-15(22-17(20)19-16)10-13-8-4-5-9-14(13)21-11-12-6-2-1-3-7-12/h1-10H,11H2,(H2,18,19,20). The van der Waals surface area contributed by atoms with Crippen molar-refractivity contribution in [1.82, 2.24) is 0 Å². The number of nitrogens with zero attached hydrogens (tertiary/aromatic N) is 1. The fourth-order valence-corrected chi connectivity index (χ4v) is 2.70. The molecule has 1 amide bonds. The second-order valence-corrected chi connectivity index (χ2v) is 5.68. The van der Waals surface area contributed by atoms with Gasteiger partial charge in [-0.15, -0.1) is 0 Å². The van der Waals surface area contributed by atoms with Crippen molar-refractivity contribution in [3.63, 3.8) is 0 Å². The van der Waals surface area contributed by atoms with E-state index in [0.29, 0.717) is 11.5 Å². The second kappa shape index (κ2) is 6.49. The summed E-state index contributed by atoms with van der Waals surface area (Å²) in [6.45, 7) is 0.483. The van der Waals surface area contributed by atoms with Crippen molar-refractivity contribution < 1.29 is 9.53 Å². The lowest BCUT2D eigenvalue weighted by Gasteiger charge is -2.09. The van der Waals surface area contributed by atoms with Crippen molar-refractivity contribution in [2.24, 2.45) is 10.7 Å². The maximum atomic E-state index is 11.3. The van der Waals surface area contributed by atoms with Crippen molar-refractivity contribution in [2.45, 2.75) is 6.61 Å². The van der Waals surface area contributed by atoms with Gasteiger partial charge in [0, 0.05) is 5.56 Å². The SMILES string of the molecule is NC1=NC(=O)SC1=Cc1ccccc1OCc1ccccc1. The average molecular weight is 310 g/mol. The first-order valence-corrected chi connectivity index (χ1v) is 7.58. The van der Waals surface area contributed by atoms with Gasteiger partial charge in [0.05, 0.1) is 4.91 Å². The fraction of sp³-hybridized carbons (Fsp3) is 0.0588. The first-order valence-electron chi connectivity index (χ1n) is 6.76. The molecule has 110 valence electrons. The van der Waals surface area contributed by atoms with Gasteiger partial charge in [-0.2, -0.15) is 4.99 Å². The molecular formula is C17H14N2O2S. The highest BCUT2D eigenvalue weighted by atomic mass is 32.2. The van der Waals surface area contributed by atoms with Gasteiger partial charge >= 0.3 is 5.24 Å². The molecule has 1 aliphatic rings. The van der Waals surface area contributed by atoms with Crippen LogP contribution in [0, 0.1) is 0 Å². The van der Waals surface area contributed by atoms with Crippen LogP contribution in [0.15, 0.2) is 64.5 Å². The number of aliphatic imine (C=N–C) groups is 1. The first kappa shape index (κ1) is 14.4. The van der Waals surface area contributed by atoms with Crippen LogP contribution in [-0.4, -0.2) is 11.1 Å². The summed E-state index contributed by atoms with van der Waals surface area (Å²) < 4.78 is 5.88. The van der Waals surface area contributed by atoms with Crippen LogP contribution in [0.2, 0.25) is 0 Å². The van der Waals surface area contributed by atoms with Gasteiger partial charge in [-0.05, 0) is 29.5 Å². The highest BCUT2D eigenvalue weighted by Crippen LogP contribution is 2.30. The molecule has 5 heteroatoms. The molecule has 0 saturated heterocycles. The Morgan fingerprint density at radius 1 is 1.09 bits per heavy atom. The summed E-state index contributed by atoms with van der Waals surface area (Å²) in [4.78, 5) is 15.6. The van der Waals surface area contributed by atoms with Crippen LogP contribution in [0.3, 0.4) is 0 Å². The molecule has 0 fully saturated rings. The summed E-state index contributed by atoms with van der Waals surface area (Å²) in [6.07, 6.45) is 1.83. The van der Waals surface area contributed by atoms with Gasteiger partial charge in [-0.3, -0.25) is 4.79 Å². The number of amides is 1. The third kappa shape index (κ3) is 3.38. The van der Waals surface area contributed by atoms with Crippen molar-refractivity contribution in [3.05, 3.63) is 70.6 Å². The zero-order valence-electron chi connectivity index (χ0n) is 11.7. The first-order chi connectivity index (χ1) is 10.7. The van der Waals surface area contributed by atoms with Crippen molar-refractivity contribution in [2.75, 3.05) is 0 Å². The average Bonchev–Trinajstić information content (AvgIpc) is 2.85. The largest absolute Gasteiger partial charge is 0.488 e. The van der Waals surface area contributed by atoms with Gasteiger partial charge < -0.3 is 10.5 Å². The molecule has 4 nitrogen and oxygen atoms in total. The smallest absolute Gasteiger partial charge is 0.311 e. The van der Waals surface area contributed by atoms with Crippen LogP contribution in [-0.2, 0) is 6.61 Å². The quantitative estimate of drug-likeness (QED) is 0.932. The van der Waals surface area contributed by atoms with E-state index in [4.69, 9.17) is 10.5 Å². The molecule has 1 heterocycles. The van der Waals surface area contributed by atoms with E-state index in [1.807, 2.05) is 60.7 Å². The van der Waals surface area contributed by atoms with Crippen molar-refractivity contribution >= 4 is 28.9 Å². The molecule has 0 aromatic heterocycles. The number of carbonyl (C=O) groups excluding carboxylic acids is 1. The molecule has 2 N–H and O–H groups in total.